The molecule has 2 aromatic heterocycles. The molecule has 2 heterocycles. The Bertz CT molecular complexity index is 1170. The lowest BCUT2D eigenvalue weighted by atomic mass is 10.2. The van der Waals surface area contributed by atoms with Crippen LogP contribution >= 0.6 is 11.6 Å². The molecule has 0 spiro atoms. The number of hydrogen-bond donors (Lipinski definition) is 3. The van der Waals surface area contributed by atoms with Gasteiger partial charge < -0.3 is 16.0 Å². The van der Waals surface area contributed by atoms with Crippen molar-refractivity contribution in [1.82, 2.24) is 24.8 Å². The molecule has 0 saturated heterocycles. The van der Waals surface area contributed by atoms with Gasteiger partial charge in [0.2, 0.25) is 5.95 Å². The molecule has 180 valence electrons. The number of aromatic nitrogens is 4. The number of benzene rings is 2. The lowest BCUT2D eigenvalue weighted by Gasteiger charge is -2.14. The Hall–Kier alpha value is -3.16. The van der Waals surface area contributed by atoms with Crippen LogP contribution in [0.15, 0.2) is 54.9 Å². The molecular formula is C26H34ClN7. The molecule has 3 N–H and O–H groups in total. The van der Waals surface area contributed by atoms with Gasteiger partial charge in [-0.2, -0.15) is 0 Å². The molecule has 34 heavy (non-hydrogen) atoms. The van der Waals surface area contributed by atoms with Gasteiger partial charge in [-0.25, -0.2) is 15.0 Å². The standard InChI is InChI=1S/C22H23ClN6.C4H11N/c1-3-4-12-24-19-13-20(26-14-25-19)29-18-11-6-5-10-17(18)27-22(29)28-21-15(2)8-7-9-16(21)23;1-3-5-4-2/h5-11,13-14H,3-4,12H2,1-2H3,(H,27,28)(H,24,25,26);5H,3-4H2,1-2H3. The molecule has 4 rings (SSSR count). The summed E-state index contributed by atoms with van der Waals surface area (Å²) >= 11 is 6.44. The SMILES string of the molecule is CCCCNc1cc(-n2c(Nc3c(C)cccc3Cl)nc3ccccc32)ncn1.CCNCC. The van der Waals surface area contributed by atoms with Crippen LogP contribution in [-0.4, -0.2) is 39.2 Å². The largest absolute Gasteiger partial charge is 0.370 e. The molecule has 0 fully saturated rings. The van der Waals surface area contributed by atoms with E-state index in [4.69, 9.17) is 16.6 Å². The molecule has 0 radical (unpaired) electrons. The summed E-state index contributed by atoms with van der Waals surface area (Å²) in [5.41, 5.74) is 3.71. The molecule has 0 aliphatic rings. The third kappa shape index (κ3) is 6.46. The number of hydrogen-bond acceptors (Lipinski definition) is 6. The molecule has 0 atom stereocenters. The van der Waals surface area contributed by atoms with Crippen molar-refractivity contribution < 1.29 is 0 Å². The van der Waals surface area contributed by atoms with E-state index in [1.807, 2.05) is 60.0 Å². The van der Waals surface area contributed by atoms with E-state index in [1.165, 1.54) is 0 Å². The lowest BCUT2D eigenvalue weighted by molar-refractivity contribution is 0.762. The number of aryl methyl sites for hydroxylation is 1. The fourth-order valence-corrected chi connectivity index (χ4v) is 3.72. The predicted octanol–water partition coefficient (Wildman–Crippen LogP) is 6.35. The maximum Gasteiger partial charge on any atom is 0.214 e. The monoisotopic (exact) mass is 479 g/mol. The topological polar surface area (TPSA) is 79.7 Å². The van der Waals surface area contributed by atoms with Gasteiger partial charge in [0.05, 0.1) is 21.7 Å². The molecule has 0 aliphatic carbocycles. The van der Waals surface area contributed by atoms with Gasteiger partial charge in [-0.1, -0.05) is 63.1 Å². The molecule has 8 heteroatoms. The summed E-state index contributed by atoms with van der Waals surface area (Å²) in [4.78, 5) is 13.6. The predicted molar refractivity (Wildman–Crippen MR) is 144 cm³/mol. The highest BCUT2D eigenvalue weighted by molar-refractivity contribution is 6.33. The summed E-state index contributed by atoms with van der Waals surface area (Å²) in [6.07, 6.45) is 3.79. The highest BCUT2D eigenvalue weighted by Crippen LogP contribution is 2.31. The number of fused-ring (bicyclic) bond motifs is 1. The van der Waals surface area contributed by atoms with Crippen LogP contribution in [0.3, 0.4) is 0 Å². The maximum absolute atomic E-state index is 6.44. The van der Waals surface area contributed by atoms with Crippen molar-refractivity contribution in [2.45, 2.75) is 40.5 Å². The minimum atomic E-state index is 0.646. The molecule has 7 nitrogen and oxygen atoms in total. The van der Waals surface area contributed by atoms with Crippen LogP contribution in [0, 0.1) is 6.92 Å². The lowest BCUT2D eigenvalue weighted by Crippen LogP contribution is -2.09. The summed E-state index contributed by atoms with van der Waals surface area (Å²) in [7, 11) is 0. The number of nitrogens with one attached hydrogen (secondary N) is 3. The van der Waals surface area contributed by atoms with Crippen LogP contribution in [0.4, 0.5) is 17.5 Å². The number of unbranched alkanes of at least 4 members (excludes halogenated alkanes) is 1. The zero-order valence-corrected chi connectivity index (χ0v) is 21.2. The van der Waals surface area contributed by atoms with Crippen molar-refractivity contribution in [2.75, 3.05) is 30.3 Å². The van der Waals surface area contributed by atoms with Gasteiger partial charge >= 0.3 is 0 Å². The fourth-order valence-electron chi connectivity index (χ4n) is 3.45. The van der Waals surface area contributed by atoms with E-state index in [1.54, 1.807) is 6.33 Å². The maximum atomic E-state index is 6.44. The second-order valence-electron chi connectivity index (χ2n) is 7.82. The van der Waals surface area contributed by atoms with Gasteiger partial charge in [-0.3, -0.25) is 4.57 Å². The van der Waals surface area contributed by atoms with Gasteiger partial charge in [0.1, 0.15) is 18.0 Å². The number of nitrogens with zero attached hydrogens (tertiary/aromatic N) is 4. The zero-order valence-electron chi connectivity index (χ0n) is 20.4. The number of imidazole rings is 1. The van der Waals surface area contributed by atoms with Crippen LogP contribution in [0.2, 0.25) is 5.02 Å². The molecule has 0 unspecified atom stereocenters. The third-order valence-electron chi connectivity index (χ3n) is 5.24. The van der Waals surface area contributed by atoms with Crippen molar-refractivity contribution in [3.05, 3.63) is 65.4 Å². The van der Waals surface area contributed by atoms with Crippen LogP contribution in [0.25, 0.3) is 16.9 Å². The fraction of sp³-hybridized carbons (Fsp3) is 0.346. The number of rotatable bonds is 9. The van der Waals surface area contributed by atoms with Gasteiger partial charge in [0.15, 0.2) is 0 Å². The Morgan fingerprint density at radius 2 is 1.76 bits per heavy atom. The molecular weight excluding hydrogens is 446 g/mol. The number of anilines is 3. The van der Waals surface area contributed by atoms with Crippen LogP contribution in [0.1, 0.15) is 39.2 Å². The van der Waals surface area contributed by atoms with Crippen molar-refractivity contribution >= 4 is 40.1 Å². The Morgan fingerprint density at radius 3 is 2.47 bits per heavy atom. The first-order chi connectivity index (χ1) is 16.6. The van der Waals surface area contributed by atoms with Gasteiger partial charge in [0, 0.05) is 12.6 Å². The van der Waals surface area contributed by atoms with Crippen LogP contribution < -0.4 is 16.0 Å². The minimum Gasteiger partial charge on any atom is -0.370 e. The van der Waals surface area contributed by atoms with Crippen LogP contribution in [0.5, 0.6) is 0 Å². The van der Waals surface area contributed by atoms with E-state index in [9.17, 15) is 0 Å². The van der Waals surface area contributed by atoms with Crippen molar-refractivity contribution in [3.63, 3.8) is 0 Å². The van der Waals surface area contributed by atoms with Gasteiger partial charge in [-0.15, -0.1) is 0 Å². The van der Waals surface area contributed by atoms with Crippen molar-refractivity contribution in [2.24, 2.45) is 0 Å². The minimum absolute atomic E-state index is 0.646. The molecule has 0 aliphatic heterocycles. The smallest absolute Gasteiger partial charge is 0.214 e. The van der Waals surface area contributed by atoms with Gasteiger partial charge in [0.25, 0.3) is 0 Å². The summed E-state index contributed by atoms with van der Waals surface area (Å²) in [5, 5.41) is 10.5. The van der Waals surface area contributed by atoms with E-state index < -0.39 is 0 Å². The number of para-hydroxylation sites is 3. The third-order valence-corrected chi connectivity index (χ3v) is 5.55. The first kappa shape index (κ1) is 25.5. The van der Waals surface area contributed by atoms with Gasteiger partial charge in [-0.05, 0) is 50.2 Å². The van der Waals surface area contributed by atoms with Crippen molar-refractivity contribution in [3.8, 4) is 5.82 Å². The first-order valence-corrected chi connectivity index (χ1v) is 12.2. The van der Waals surface area contributed by atoms with E-state index >= 15 is 0 Å². The second-order valence-corrected chi connectivity index (χ2v) is 8.22. The van der Waals surface area contributed by atoms with E-state index in [0.29, 0.717) is 11.0 Å². The molecule has 0 amide bonds. The van der Waals surface area contributed by atoms with Crippen molar-refractivity contribution in [1.29, 1.82) is 0 Å². The summed E-state index contributed by atoms with van der Waals surface area (Å²) in [6, 6.07) is 15.7. The first-order valence-electron chi connectivity index (χ1n) is 11.9. The molecule has 0 saturated carbocycles. The molecule has 0 bridgehead atoms. The highest BCUT2D eigenvalue weighted by atomic mass is 35.5. The summed E-state index contributed by atoms with van der Waals surface area (Å²) in [6.45, 7) is 11.4. The Kier molecular flexibility index (Phi) is 9.67. The summed E-state index contributed by atoms with van der Waals surface area (Å²) in [5.74, 6) is 2.18. The second kappa shape index (κ2) is 12.9. The Labute approximate surface area is 207 Å². The average molecular weight is 480 g/mol. The van der Waals surface area contributed by atoms with E-state index in [0.717, 1.165) is 66.4 Å². The Balaban J connectivity index is 0.000000588. The summed E-state index contributed by atoms with van der Waals surface area (Å²) < 4.78 is 1.99. The Morgan fingerprint density at radius 1 is 0.971 bits per heavy atom. The quantitative estimate of drug-likeness (QED) is 0.243. The molecule has 4 aromatic rings. The zero-order chi connectivity index (χ0) is 24.3. The number of halogens is 1. The van der Waals surface area contributed by atoms with E-state index in [2.05, 4.69) is 46.7 Å². The average Bonchev–Trinajstić information content (AvgIpc) is 3.21. The van der Waals surface area contributed by atoms with E-state index in [-0.39, 0.29) is 0 Å². The highest BCUT2D eigenvalue weighted by Gasteiger charge is 2.16. The normalized spacial score (nSPS) is 10.6. The molecule has 2 aromatic carbocycles. The van der Waals surface area contributed by atoms with Crippen LogP contribution in [-0.2, 0) is 0 Å².